The molecule has 1 amide bonds. The smallest absolute Gasteiger partial charge is 0.226 e. The largest absolute Gasteiger partial charge is 0.355 e. The van der Waals surface area contributed by atoms with Crippen LogP contribution in [0.25, 0.3) is 0 Å². The van der Waals surface area contributed by atoms with Gasteiger partial charge in [-0.15, -0.1) is 18.2 Å². The molecule has 0 aromatic rings. The highest BCUT2D eigenvalue weighted by Gasteiger charge is 2.38. The van der Waals surface area contributed by atoms with Gasteiger partial charge in [-0.3, -0.25) is 4.79 Å². The molecular weight excluding hydrogens is 244 g/mol. The molecule has 0 aromatic heterocycles. The van der Waals surface area contributed by atoms with E-state index in [4.69, 9.17) is 6.42 Å². The van der Waals surface area contributed by atoms with E-state index in [2.05, 4.69) is 23.5 Å². The lowest BCUT2D eigenvalue weighted by atomic mass is 9.74. The third-order valence-electron chi connectivity index (χ3n) is 3.49. The van der Waals surface area contributed by atoms with Crippen molar-refractivity contribution in [3.63, 3.8) is 0 Å². The van der Waals surface area contributed by atoms with Gasteiger partial charge in [0.1, 0.15) is 0 Å². The summed E-state index contributed by atoms with van der Waals surface area (Å²) in [4.78, 5) is 12.4. The normalized spacial score (nSPS) is 18.0. The first-order valence-electron chi connectivity index (χ1n) is 6.75. The lowest BCUT2D eigenvalue weighted by Gasteiger charge is -2.36. The molecule has 2 N–H and O–H groups in total. The summed E-state index contributed by atoms with van der Waals surface area (Å²) in [6.07, 6.45) is 9.17. The van der Waals surface area contributed by atoms with E-state index in [0.29, 0.717) is 0 Å². The number of hydrogen-bond acceptors (Lipinski definition) is 3. The number of hydrogen-bond donors (Lipinski definition) is 2. The third-order valence-corrected chi connectivity index (χ3v) is 4.35. The van der Waals surface area contributed by atoms with Crippen LogP contribution in [0.15, 0.2) is 0 Å². The first kappa shape index (κ1) is 15.4. The summed E-state index contributed by atoms with van der Waals surface area (Å²) in [5, 5.41) is 6.41. The highest BCUT2D eigenvalue weighted by molar-refractivity contribution is 7.99. The van der Waals surface area contributed by atoms with Gasteiger partial charge in [-0.1, -0.05) is 19.3 Å². The molecule has 1 heterocycles. The number of terminal acetylenes is 1. The Morgan fingerprint density at radius 2 is 2.22 bits per heavy atom. The second-order valence-corrected chi connectivity index (χ2v) is 5.90. The quantitative estimate of drug-likeness (QED) is 0.545. The fourth-order valence-electron chi connectivity index (χ4n) is 2.53. The van der Waals surface area contributed by atoms with Crippen LogP contribution in [-0.4, -0.2) is 37.0 Å². The molecule has 0 unspecified atom stereocenters. The molecular formula is C14H24N2OS. The van der Waals surface area contributed by atoms with Crippen molar-refractivity contribution in [3.8, 4) is 12.3 Å². The van der Waals surface area contributed by atoms with Gasteiger partial charge in [-0.2, -0.15) is 0 Å². The monoisotopic (exact) mass is 268 g/mol. The molecule has 0 saturated carbocycles. The second kappa shape index (κ2) is 8.44. The van der Waals surface area contributed by atoms with E-state index in [1.165, 1.54) is 0 Å². The van der Waals surface area contributed by atoms with E-state index in [9.17, 15) is 4.79 Å². The summed E-state index contributed by atoms with van der Waals surface area (Å²) in [5.41, 5.74) is -0.128. The van der Waals surface area contributed by atoms with Gasteiger partial charge in [-0.25, -0.2) is 0 Å². The number of rotatable bonds is 7. The lowest BCUT2D eigenvalue weighted by Crippen LogP contribution is -2.48. The fourth-order valence-corrected chi connectivity index (χ4v) is 3.04. The number of nitrogens with one attached hydrogen (secondary N) is 2. The molecule has 18 heavy (non-hydrogen) atoms. The standard InChI is InChI=1S/C14H24N2OS/c1-3-5-14(6-8-15-9-7-14)13(17)16-10-12-18-11-4-2/h2,15H,3,5-12H2,1H3,(H,16,17). The molecule has 102 valence electrons. The van der Waals surface area contributed by atoms with Gasteiger partial charge in [0.05, 0.1) is 11.2 Å². The molecule has 1 aliphatic heterocycles. The van der Waals surface area contributed by atoms with Gasteiger partial charge in [0, 0.05) is 12.3 Å². The SMILES string of the molecule is C#CCSCCNC(=O)C1(CCC)CCNCC1. The summed E-state index contributed by atoms with van der Waals surface area (Å²) in [7, 11) is 0. The zero-order chi connectivity index (χ0) is 13.3. The minimum atomic E-state index is -0.128. The van der Waals surface area contributed by atoms with Crippen molar-refractivity contribution in [2.24, 2.45) is 5.41 Å². The van der Waals surface area contributed by atoms with Crippen LogP contribution >= 0.6 is 11.8 Å². The number of carbonyl (C=O) groups is 1. The maximum atomic E-state index is 12.4. The Hall–Kier alpha value is -0.660. The molecule has 1 aliphatic rings. The summed E-state index contributed by atoms with van der Waals surface area (Å²) in [6.45, 7) is 4.79. The molecule has 1 saturated heterocycles. The van der Waals surface area contributed by atoms with Crippen molar-refractivity contribution in [2.45, 2.75) is 32.6 Å². The van der Waals surface area contributed by atoms with E-state index < -0.39 is 0 Å². The van der Waals surface area contributed by atoms with Crippen molar-refractivity contribution in [3.05, 3.63) is 0 Å². The molecule has 1 rings (SSSR count). The Kier molecular flexibility index (Phi) is 7.22. The lowest BCUT2D eigenvalue weighted by molar-refractivity contribution is -0.133. The zero-order valence-corrected chi connectivity index (χ0v) is 12.1. The Morgan fingerprint density at radius 3 is 2.83 bits per heavy atom. The molecule has 0 aliphatic carbocycles. The molecule has 0 bridgehead atoms. The van der Waals surface area contributed by atoms with E-state index in [-0.39, 0.29) is 11.3 Å². The predicted octanol–water partition coefficient (Wildman–Crippen LogP) is 1.64. The van der Waals surface area contributed by atoms with E-state index in [1.54, 1.807) is 11.8 Å². The second-order valence-electron chi connectivity index (χ2n) is 4.79. The molecule has 3 nitrogen and oxygen atoms in total. The van der Waals surface area contributed by atoms with Gasteiger partial charge < -0.3 is 10.6 Å². The summed E-state index contributed by atoms with van der Waals surface area (Å²) >= 11 is 1.69. The van der Waals surface area contributed by atoms with Crippen molar-refractivity contribution >= 4 is 17.7 Å². The molecule has 0 atom stereocenters. The van der Waals surface area contributed by atoms with Crippen LogP contribution in [-0.2, 0) is 4.79 Å². The summed E-state index contributed by atoms with van der Waals surface area (Å²) < 4.78 is 0. The van der Waals surface area contributed by atoms with Gasteiger partial charge in [0.15, 0.2) is 0 Å². The molecule has 4 heteroatoms. The van der Waals surface area contributed by atoms with Crippen LogP contribution < -0.4 is 10.6 Å². The van der Waals surface area contributed by atoms with Crippen LogP contribution in [0, 0.1) is 17.8 Å². The van der Waals surface area contributed by atoms with Gasteiger partial charge in [-0.05, 0) is 32.4 Å². The molecule has 1 fully saturated rings. The van der Waals surface area contributed by atoms with Crippen molar-refractivity contribution in [1.29, 1.82) is 0 Å². The van der Waals surface area contributed by atoms with E-state index >= 15 is 0 Å². The van der Waals surface area contributed by atoms with Crippen LogP contribution in [0.5, 0.6) is 0 Å². The van der Waals surface area contributed by atoms with Crippen LogP contribution in [0.2, 0.25) is 0 Å². The Labute approximate surface area is 115 Å². The minimum absolute atomic E-state index is 0.128. The first-order chi connectivity index (χ1) is 8.75. The Balaban J connectivity index is 2.37. The minimum Gasteiger partial charge on any atom is -0.355 e. The number of thioether (sulfide) groups is 1. The van der Waals surface area contributed by atoms with E-state index in [1.807, 2.05) is 0 Å². The van der Waals surface area contributed by atoms with Crippen molar-refractivity contribution in [1.82, 2.24) is 10.6 Å². The van der Waals surface area contributed by atoms with Crippen LogP contribution in [0.1, 0.15) is 32.6 Å². The zero-order valence-electron chi connectivity index (χ0n) is 11.3. The summed E-state index contributed by atoms with van der Waals surface area (Å²) in [6, 6.07) is 0. The van der Waals surface area contributed by atoms with Crippen LogP contribution in [0.4, 0.5) is 0 Å². The molecule has 0 spiro atoms. The summed E-state index contributed by atoms with van der Waals surface area (Å²) in [5.74, 6) is 4.45. The topological polar surface area (TPSA) is 41.1 Å². The van der Waals surface area contributed by atoms with Gasteiger partial charge in [0.25, 0.3) is 0 Å². The molecule has 0 aromatic carbocycles. The maximum absolute atomic E-state index is 12.4. The highest BCUT2D eigenvalue weighted by atomic mass is 32.2. The fraction of sp³-hybridized carbons (Fsp3) is 0.786. The predicted molar refractivity (Wildman–Crippen MR) is 78.6 cm³/mol. The van der Waals surface area contributed by atoms with Gasteiger partial charge in [0.2, 0.25) is 5.91 Å². The highest BCUT2D eigenvalue weighted by Crippen LogP contribution is 2.34. The number of carbonyl (C=O) groups excluding carboxylic acids is 1. The van der Waals surface area contributed by atoms with Crippen molar-refractivity contribution < 1.29 is 4.79 Å². The maximum Gasteiger partial charge on any atom is 0.226 e. The Bertz CT molecular complexity index is 287. The van der Waals surface area contributed by atoms with Crippen molar-refractivity contribution in [2.75, 3.05) is 31.1 Å². The number of amides is 1. The number of piperidine rings is 1. The average Bonchev–Trinajstić information content (AvgIpc) is 2.39. The van der Waals surface area contributed by atoms with E-state index in [0.717, 1.165) is 56.8 Å². The first-order valence-corrected chi connectivity index (χ1v) is 7.91. The Morgan fingerprint density at radius 1 is 1.50 bits per heavy atom. The average molecular weight is 268 g/mol. The van der Waals surface area contributed by atoms with Gasteiger partial charge >= 0.3 is 0 Å². The third kappa shape index (κ3) is 4.55. The van der Waals surface area contributed by atoms with Crippen LogP contribution in [0.3, 0.4) is 0 Å². The molecule has 0 radical (unpaired) electrons.